The van der Waals surface area contributed by atoms with E-state index in [2.05, 4.69) is 19.6 Å². The van der Waals surface area contributed by atoms with Crippen LogP contribution in [0.3, 0.4) is 0 Å². The van der Waals surface area contributed by atoms with Crippen LogP contribution in [0.15, 0.2) is 36.6 Å². The van der Waals surface area contributed by atoms with Crippen molar-refractivity contribution in [2.45, 2.75) is 13.8 Å². The van der Waals surface area contributed by atoms with Crippen molar-refractivity contribution in [3.63, 3.8) is 0 Å². The first-order chi connectivity index (χ1) is 5.26. The summed E-state index contributed by atoms with van der Waals surface area (Å²) in [6, 6.07) is 0. The van der Waals surface area contributed by atoms with Gasteiger partial charge in [0.1, 0.15) is 0 Å². The molecule has 0 aliphatic carbocycles. The summed E-state index contributed by atoms with van der Waals surface area (Å²) < 4.78 is 4.81. The van der Waals surface area contributed by atoms with E-state index in [0.717, 1.165) is 0 Å². The third-order valence-corrected chi connectivity index (χ3v) is 1.60. The molecule has 0 aliphatic rings. The molecule has 0 unspecified atom stereocenters. The van der Waals surface area contributed by atoms with Gasteiger partial charge in [0, 0.05) is 5.92 Å². The van der Waals surface area contributed by atoms with E-state index >= 15 is 0 Å². The SMILES string of the molecule is C=C/C(=C\C)[C@@H](C)C=COC. The van der Waals surface area contributed by atoms with E-state index < -0.39 is 0 Å². The van der Waals surface area contributed by atoms with Crippen LogP contribution < -0.4 is 0 Å². The Morgan fingerprint density at radius 1 is 1.55 bits per heavy atom. The Morgan fingerprint density at radius 2 is 2.18 bits per heavy atom. The number of hydrogen-bond acceptors (Lipinski definition) is 1. The Labute approximate surface area is 69.1 Å². The van der Waals surface area contributed by atoms with Crippen LogP contribution in [0, 0.1) is 5.92 Å². The minimum Gasteiger partial charge on any atom is -0.505 e. The molecule has 0 rings (SSSR count). The maximum absolute atomic E-state index is 4.81. The van der Waals surface area contributed by atoms with Gasteiger partial charge in [-0.25, -0.2) is 0 Å². The van der Waals surface area contributed by atoms with Crippen molar-refractivity contribution in [3.8, 4) is 0 Å². The summed E-state index contributed by atoms with van der Waals surface area (Å²) in [5, 5.41) is 0. The highest BCUT2D eigenvalue weighted by Crippen LogP contribution is 2.12. The summed E-state index contributed by atoms with van der Waals surface area (Å²) >= 11 is 0. The number of rotatable bonds is 4. The molecule has 1 atom stereocenters. The van der Waals surface area contributed by atoms with Crippen molar-refractivity contribution < 1.29 is 4.74 Å². The normalized spacial score (nSPS) is 15.0. The second kappa shape index (κ2) is 5.78. The van der Waals surface area contributed by atoms with Crippen LogP contribution in [-0.4, -0.2) is 7.11 Å². The fourth-order valence-electron chi connectivity index (χ4n) is 0.874. The standard InChI is InChI=1S/C10H16O/c1-5-10(6-2)9(3)7-8-11-4/h5-9H,1H2,2-4H3/b8-7?,10-6+/t9-/m0/s1. The number of methoxy groups -OCH3 is 1. The number of allylic oxidation sites excluding steroid dienone is 4. The minimum absolute atomic E-state index is 0.387. The van der Waals surface area contributed by atoms with E-state index in [1.165, 1.54) is 5.57 Å². The largest absolute Gasteiger partial charge is 0.505 e. The van der Waals surface area contributed by atoms with Gasteiger partial charge in [0.2, 0.25) is 0 Å². The predicted molar refractivity (Wildman–Crippen MR) is 49.3 cm³/mol. The van der Waals surface area contributed by atoms with Gasteiger partial charge < -0.3 is 4.74 Å². The zero-order valence-electron chi connectivity index (χ0n) is 7.50. The highest BCUT2D eigenvalue weighted by molar-refractivity contribution is 5.21. The molecule has 0 aliphatic heterocycles. The van der Waals surface area contributed by atoms with Crippen molar-refractivity contribution in [1.82, 2.24) is 0 Å². The highest BCUT2D eigenvalue weighted by Gasteiger charge is 1.98. The molecule has 0 saturated heterocycles. The maximum atomic E-state index is 4.81. The summed E-state index contributed by atoms with van der Waals surface area (Å²) in [6.07, 6.45) is 7.61. The van der Waals surface area contributed by atoms with Crippen molar-refractivity contribution in [2.75, 3.05) is 7.11 Å². The van der Waals surface area contributed by atoms with Gasteiger partial charge in [-0.15, -0.1) is 0 Å². The minimum atomic E-state index is 0.387. The molecule has 0 amide bonds. The first-order valence-corrected chi connectivity index (χ1v) is 3.74. The van der Waals surface area contributed by atoms with Gasteiger partial charge >= 0.3 is 0 Å². The molecule has 0 saturated carbocycles. The quantitative estimate of drug-likeness (QED) is 0.444. The number of hydrogen-bond donors (Lipinski definition) is 0. The lowest BCUT2D eigenvalue weighted by Gasteiger charge is -2.05. The molecule has 1 nitrogen and oxygen atoms in total. The van der Waals surface area contributed by atoms with Gasteiger partial charge in [-0.05, 0) is 18.6 Å². The summed E-state index contributed by atoms with van der Waals surface area (Å²) in [4.78, 5) is 0. The van der Waals surface area contributed by atoms with E-state index in [9.17, 15) is 0 Å². The average Bonchev–Trinajstić information content (AvgIpc) is 2.03. The predicted octanol–water partition coefficient (Wildman–Crippen LogP) is 2.91. The molecule has 11 heavy (non-hydrogen) atoms. The summed E-state index contributed by atoms with van der Waals surface area (Å²) in [5.41, 5.74) is 1.22. The summed E-state index contributed by atoms with van der Waals surface area (Å²) in [5.74, 6) is 0.387. The fraction of sp³-hybridized carbons (Fsp3) is 0.400. The molecule has 0 fully saturated rings. The monoisotopic (exact) mass is 152 g/mol. The Morgan fingerprint density at radius 3 is 2.55 bits per heavy atom. The van der Waals surface area contributed by atoms with Crippen molar-refractivity contribution in [2.24, 2.45) is 5.92 Å². The van der Waals surface area contributed by atoms with Crippen LogP contribution in [0.2, 0.25) is 0 Å². The van der Waals surface area contributed by atoms with Gasteiger partial charge in [-0.3, -0.25) is 0 Å². The molecule has 1 heteroatoms. The lowest BCUT2D eigenvalue weighted by Crippen LogP contribution is -1.91. The van der Waals surface area contributed by atoms with Crippen LogP contribution in [0.5, 0.6) is 0 Å². The van der Waals surface area contributed by atoms with Crippen LogP contribution in [0.1, 0.15) is 13.8 Å². The van der Waals surface area contributed by atoms with E-state index in [1.807, 2.05) is 19.1 Å². The Kier molecular flexibility index (Phi) is 5.26. The smallest absolute Gasteiger partial charge is 0.0790 e. The van der Waals surface area contributed by atoms with Gasteiger partial charge in [-0.1, -0.05) is 25.7 Å². The van der Waals surface area contributed by atoms with Gasteiger partial charge in [0.15, 0.2) is 0 Å². The van der Waals surface area contributed by atoms with Gasteiger partial charge in [0.25, 0.3) is 0 Å². The second-order valence-electron chi connectivity index (χ2n) is 2.35. The Bertz CT molecular complexity index is 166. The van der Waals surface area contributed by atoms with Crippen LogP contribution >= 0.6 is 0 Å². The topological polar surface area (TPSA) is 9.23 Å². The highest BCUT2D eigenvalue weighted by atomic mass is 16.5. The first kappa shape index (κ1) is 10.0. The van der Waals surface area contributed by atoms with Crippen molar-refractivity contribution >= 4 is 0 Å². The van der Waals surface area contributed by atoms with Gasteiger partial charge in [-0.2, -0.15) is 0 Å². The molecule has 0 aromatic heterocycles. The zero-order chi connectivity index (χ0) is 8.69. The second-order valence-corrected chi connectivity index (χ2v) is 2.35. The third-order valence-electron chi connectivity index (χ3n) is 1.60. The van der Waals surface area contributed by atoms with E-state index in [0.29, 0.717) is 5.92 Å². The summed E-state index contributed by atoms with van der Waals surface area (Å²) in [7, 11) is 1.65. The third kappa shape index (κ3) is 3.66. The molecule has 0 aromatic rings. The van der Waals surface area contributed by atoms with E-state index in [1.54, 1.807) is 13.4 Å². The number of ether oxygens (including phenoxy) is 1. The Hall–Kier alpha value is -0.980. The molecule has 0 N–H and O–H groups in total. The van der Waals surface area contributed by atoms with Gasteiger partial charge in [0.05, 0.1) is 13.4 Å². The van der Waals surface area contributed by atoms with Crippen LogP contribution in [0.25, 0.3) is 0 Å². The lowest BCUT2D eigenvalue weighted by atomic mass is 10.0. The Balaban J connectivity index is 4.10. The molecule has 0 spiro atoms. The molecule has 62 valence electrons. The van der Waals surface area contributed by atoms with Crippen LogP contribution in [0.4, 0.5) is 0 Å². The summed E-state index contributed by atoms with van der Waals surface area (Å²) in [6.45, 7) is 7.83. The molecular weight excluding hydrogens is 136 g/mol. The van der Waals surface area contributed by atoms with Crippen molar-refractivity contribution in [3.05, 3.63) is 36.6 Å². The van der Waals surface area contributed by atoms with Crippen LogP contribution in [-0.2, 0) is 4.74 Å². The average molecular weight is 152 g/mol. The molecule has 0 aromatic carbocycles. The molecular formula is C10H16O. The first-order valence-electron chi connectivity index (χ1n) is 3.74. The fourth-order valence-corrected chi connectivity index (χ4v) is 0.874. The zero-order valence-corrected chi connectivity index (χ0v) is 7.50. The van der Waals surface area contributed by atoms with Crippen molar-refractivity contribution in [1.29, 1.82) is 0 Å². The molecule has 0 heterocycles. The molecule has 0 radical (unpaired) electrons. The van der Waals surface area contributed by atoms with E-state index in [4.69, 9.17) is 4.74 Å². The lowest BCUT2D eigenvalue weighted by molar-refractivity contribution is 0.335. The van der Waals surface area contributed by atoms with E-state index in [-0.39, 0.29) is 0 Å². The maximum Gasteiger partial charge on any atom is 0.0790 e. The molecule has 0 bridgehead atoms.